The lowest BCUT2D eigenvalue weighted by Crippen LogP contribution is -2.19. The van der Waals surface area contributed by atoms with E-state index in [9.17, 15) is 17.6 Å². The molecule has 0 amide bonds. The van der Waals surface area contributed by atoms with Crippen molar-refractivity contribution in [3.63, 3.8) is 0 Å². The molecule has 4 nitrogen and oxygen atoms in total. The Hall–Kier alpha value is -1.43. The molecule has 1 N–H and O–H groups in total. The molecule has 1 aromatic carbocycles. The van der Waals surface area contributed by atoms with E-state index >= 15 is 0 Å². The van der Waals surface area contributed by atoms with Gasteiger partial charge in [0.1, 0.15) is 10.7 Å². The van der Waals surface area contributed by atoms with Crippen LogP contribution in [0.15, 0.2) is 23.1 Å². The summed E-state index contributed by atoms with van der Waals surface area (Å²) in [6.07, 6.45) is 2.65. The van der Waals surface area contributed by atoms with Crippen LogP contribution in [-0.4, -0.2) is 24.7 Å². The van der Waals surface area contributed by atoms with E-state index in [1.54, 1.807) is 0 Å². The van der Waals surface area contributed by atoms with Gasteiger partial charge in [0.15, 0.2) is 9.84 Å². The van der Waals surface area contributed by atoms with Gasteiger partial charge in [-0.05, 0) is 31.0 Å². The van der Waals surface area contributed by atoms with Gasteiger partial charge in [-0.1, -0.05) is 12.8 Å². The number of hydrogen-bond donors (Lipinski definition) is 1. The first kappa shape index (κ1) is 13.0. The first-order valence-electron chi connectivity index (χ1n) is 5.69. The summed E-state index contributed by atoms with van der Waals surface area (Å²) in [5, 5.41) is 8.23. The molecule has 0 bridgehead atoms. The number of hydrogen-bond acceptors (Lipinski definition) is 3. The third-order valence-electron chi connectivity index (χ3n) is 3.23. The van der Waals surface area contributed by atoms with Crippen molar-refractivity contribution in [1.82, 2.24) is 0 Å². The van der Waals surface area contributed by atoms with Crippen LogP contribution in [-0.2, 0) is 9.84 Å². The quantitative estimate of drug-likeness (QED) is 0.916. The van der Waals surface area contributed by atoms with Crippen LogP contribution in [0.2, 0.25) is 0 Å². The minimum Gasteiger partial charge on any atom is -0.478 e. The van der Waals surface area contributed by atoms with Crippen molar-refractivity contribution in [3.05, 3.63) is 29.6 Å². The molecule has 0 saturated heterocycles. The Balaban J connectivity index is 2.49. The molecule has 1 saturated carbocycles. The molecule has 0 spiro atoms. The van der Waals surface area contributed by atoms with Gasteiger partial charge in [-0.25, -0.2) is 17.6 Å². The maximum atomic E-state index is 13.6. The molecule has 18 heavy (non-hydrogen) atoms. The molecule has 0 unspecified atom stereocenters. The monoisotopic (exact) mass is 272 g/mol. The van der Waals surface area contributed by atoms with Crippen molar-refractivity contribution in [3.8, 4) is 0 Å². The second-order valence-corrected chi connectivity index (χ2v) is 6.60. The van der Waals surface area contributed by atoms with E-state index in [-0.39, 0.29) is 5.56 Å². The molecule has 1 fully saturated rings. The maximum Gasteiger partial charge on any atom is 0.335 e. The van der Waals surface area contributed by atoms with Gasteiger partial charge < -0.3 is 5.11 Å². The summed E-state index contributed by atoms with van der Waals surface area (Å²) < 4.78 is 38.0. The standard InChI is InChI=1S/C12H13FO4S/c13-10-6-5-8(12(14)15)7-11(10)18(16,17)9-3-1-2-4-9/h5-7,9H,1-4H2,(H,14,15). The van der Waals surface area contributed by atoms with Gasteiger partial charge in [-0.2, -0.15) is 0 Å². The van der Waals surface area contributed by atoms with Crippen LogP contribution < -0.4 is 0 Å². The van der Waals surface area contributed by atoms with E-state index in [4.69, 9.17) is 5.11 Å². The zero-order valence-corrected chi connectivity index (χ0v) is 10.4. The van der Waals surface area contributed by atoms with Gasteiger partial charge in [0, 0.05) is 0 Å². The van der Waals surface area contributed by atoms with E-state index in [1.165, 1.54) is 0 Å². The van der Waals surface area contributed by atoms with Gasteiger partial charge in [0.25, 0.3) is 0 Å². The highest BCUT2D eigenvalue weighted by Gasteiger charge is 2.32. The highest BCUT2D eigenvalue weighted by Crippen LogP contribution is 2.31. The van der Waals surface area contributed by atoms with Gasteiger partial charge in [0.2, 0.25) is 0 Å². The summed E-state index contributed by atoms with van der Waals surface area (Å²) in [5.74, 6) is -2.15. The van der Waals surface area contributed by atoms with E-state index in [2.05, 4.69) is 0 Å². The van der Waals surface area contributed by atoms with Crippen LogP contribution in [0.3, 0.4) is 0 Å². The van der Waals surface area contributed by atoms with Crippen molar-refractivity contribution in [1.29, 1.82) is 0 Å². The number of carbonyl (C=O) groups is 1. The molecule has 6 heteroatoms. The summed E-state index contributed by atoms with van der Waals surface area (Å²) in [5.41, 5.74) is -0.215. The zero-order valence-electron chi connectivity index (χ0n) is 9.60. The van der Waals surface area contributed by atoms with Crippen molar-refractivity contribution in [2.24, 2.45) is 0 Å². The average molecular weight is 272 g/mol. The molecule has 1 aliphatic rings. The number of rotatable bonds is 3. The summed E-state index contributed by atoms with van der Waals surface area (Å²) >= 11 is 0. The summed E-state index contributed by atoms with van der Waals surface area (Å²) in [6, 6.07) is 2.86. The maximum absolute atomic E-state index is 13.6. The smallest absolute Gasteiger partial charge is 0.335 e. The summed E-state index contributed by atoms with van der Waals surface area (Å²) in [6.45, 7) is 0. The largest absolute Gasteiger partial charge is 0.478 e. The Morgan fingerprint density at radius 3 is 2.44 bits per heavy atom. The Kier molecular flexibility index (Phi) is 3.38. The van der Waals surface area contributed by atoms with Crippen LogP contribution in [0.5, 0.6) is 0 Å². The molecule has 0 aliphatic heterocycles. The second-order valence-electron chi connectivity index (χ2n) is 4.40. The molecule has 0 atom stereocenters. The van der Waals surface area contributed by atoms with E-state index in [0.717, 1.165) is 31.0 Å². The Morgan fingerprint density at radius 2 is 1.89 bits per heavy atom. The molecule has 98 valence electrons. The molecule has 2 rings (SSSR count). The Bertz CT molecular complexity index is 574. The normalized spacial score (nSPS) is 16.9. The predicted molar refractivity (Wildman–Crippen MR) is 62.8 cm³/mol. The SMILES string of the molecule is O=C(O)c1ccc(F)c(S(=O)(=O)C2CCCC2)c1. The number of halogens is 1. The Morgan fingerprint density at radius 1 is 1.28 bits per heavy atom. The third-order valence-corrected chi connectivity index (χ3v) is 5.50. The fourth-order valence-electron chi connectivity index (χ4n) is 2.23. The first-order chi connectivity index (χ1) is 8.43. The summed E-state index contributed by atoms with van der Waals surface area (Å²) in [4.78, 5) is 10.3. The van der Waals surface area contributed by atoms with Gasteiger partial charge in [-0.15, -0.1) is 0 Å². The lowest BCUT2D eigenvalue weighted by Gasteiger charge is -2.12. The van der Waals surface area contributed by atoms with Gasteiger partial charge in [-0.3, -0.25) is 0 Å². The van der Waals surface area contributed by atoms with Crippen LogP contribution in [0.25, 0.3) is 0 Å². The predicted octanol–water partition coefficient (Wildman–Crippen LogP) is 2.24. The third kappa shape index (κ3) is 2.25. The number of aromatic carboxylic acids is 1. The molecular weight excluding hydrogens is 259 g/mol. The number of carboxylic acids is 1. The molecule has 0 radical (unpaired) electrons. The minimum absolute atomic E-state index is 0.215. The minimum atomic E-state index is -3.76. The van der Waals surface area contributed by atoms with Crippen molar-refractivity contribution in [2.75, 3.05) is 0 Å². The van der Waals surface area contributed by atoms with Gasteiger partial charge in [0.05, 0.1) is 10.8 Å². The van der Waals surface area contributed by atoms with Crippen molar-refractivity contribution >= 4 is 15.8 Å². The lowest BCUT2D eigenvalue weighted by atomic mass is 10.2. The average Bonchev–Trinajstić information content (AvgIpc) is 2.82. The van der Waals surface area contributed by atoms with Crippen LogP contribution in [0.4, 0.5) is 4.39 Å². The summed E-state index contributed by atoms with van der Waals surface area (Å²) in [7, 11) is -3.76. The Labute approximate surface area is 104 Å². The molecule has 0 aromatic heterocycles. The number of benzene rings is 1. The lowest BCUT2D eigenvalue weighted by molar-refractivity contribution is 0.0696. The fraction of sp³-hybridized carbons (Fsp3) is 0.417. The topological polar surface area (TPSA) is 71.4 Å². The van der Waals surface area contributed by atoms with E-state index in [1.807, 2.05) is 0 Å². The van der Waals surface area contributed by atoms with Crippen LogP contribution in [0, 0.1) is 5.82 Å². The highest BCUT2D eigenvalue weighted by atomic mass is 32.2. The van der Waals surface area contributed by atoms with E-state index < -0.39 is 31.8 Å². The second kappa shape index (κ2) is 4.68. The first-order valence-corrected chi connectivity index (χ1v) is 7.24. The van der Waals surface area contributed by atoms with Crippen molar-refractivity contribution < 1.29 is 22.7 Å². The molecule has 0 heterocycles. The van der Waals surface area contributed by atoms with Crippen molar-refractivity contribution in [2.45, 2.75) is 35.8 Å². The van der Waals surface area contributed by atoms with Crippen LogP contribution in [0.1, 0.15) is 36.0 Å². The molecular formula is C12H13FO4S. The number of carboxylic acid groups (broad SMARTS) is 1. The van der Waals surface area contributed by atoms with Gasteiger partial charge >= 0.3 is 5.97 Å². The van der Waals surface area contributed by atoms with Crippen LogP contribution >= 0.6 is 0 Å². The fourth-order valence-corrected chi connectivity index (χ4v) is 4.18. The zero-order chi connectivity index (χ0) is 13.3. The van der Waals surface area contributed by atoms with E-state index in [0.29, 0.717) is 12.8 Å². The molecule has 1 aliphatic carbocycles. The molecule has 1 aromatic rings. The highest BCUT2D eigenvalue weighted by molar-refractivity contribution is 7.92. The number of sulfone groups is 1.